The van der Waals surface area contributed by atoms with Gasteiger partial charge in [0.05, 0.1) is 20.8 Å². The van der Waals surface area contributed by atoms with Crippen molar-refractivity contribution in [1.82, 2.24) is 5.32 Å². The zero-order valence-corrected chi connectivity index (χ0v) is 17.5. The summed E-state index contributed by atoms with van der Waals surface area (Å²) < 4.78 is 16.3. The number of nitrogens with one attached hydrogen (secondary N) is 1. The fourth-order valence-electron chi connectivity index (χ4n) is 2.79. The smallest absolute Gasteiger partial charge is 0.220 e. The zero-order valence-electron chi connectivity index (χ0n) is 17.5. The third kappa shape index (κ3) is 6.48. The fourth-order valence-corrected chi connectivity index (χ4v) is 2.79. The van der Waals surface area contributed by atoms with Crippen LogP contribution in [0.2, 0.25) is 0 Å². The average molecular weight is 386 g/mol. The average Bonchev–Trinajstić information content (AvgIpc) is 2.69. The summed E-state index contributed by atoms with van der Waals surface area (Å²) in [5, 5.41) is 2.90. The van der Waals surface area contributed by atoms with Gasteiger partial charge in [0.1, 0.15) is 12.4 Å². The van der Waals surface area contributed by atoms with Crippen molar-refractivity contribution in [2.45, 2.75) is 39.0 Å². The van der Waals surface area contributed by atoms with E-state index in [1.165, 1.54) is 5.56 Å². The molecule has 0 radical (unpaired) electrons. The number of carbonyl (C=O) groups excluding carboxylic acids is 1. The first kappa shape index (κ1) is 21.6. The van der Waals surface area contributed by atoms with Crippen LogP contribution < -0.4 is 19.5 Å². The summed E-state index contributed by atoms with van der Waals surface area (Å²) in [6.07, 6.45) is 1.05. The molecular weight excluding hydrogens is 354 g/mol. The van der Waals surface area contributed by atoms with Gasteiger partial charge in [-0.15, -0.1) is 0 Å². The highest BCUT2D eigenvalue weighted by atomic mass is 16.5. The fraction of sp³-hybridized carbons (Fsp3) is 0.435. The van der Waals surface area contributed by atoms with Gasteiger partial charge in [0.25, 0.3) is 0 Å². The van der Waals surface area contributed by atoms with Crippen LogP contribution in [0.3, 0.4) is 0 Å². The van der Waals surface area contributed by atoms with Gasteiger partial charge in [-0.1, -0.05) is 39.0 Å². The molecule has 5 nitrogen and oxygen atoms in total. The lowest BCUT2D eigenvalue weighted by molar-refractivity contribution is -0.121. The molecule has 0 heterocycles. The molecule has 0 unspecified atom stereocenters. The lowest BCUT2D eigenvalue weighted by atomic mass is 9.87. The minimum Gasteiger partial charge on any atom is -0.493 e. The number of benzene rings is 2. The summed E-state index contributed by atoms with van der Waals surface area (Å²) in [5.74, 6) is 2.18. The molecule has 2 aromatic rings. The molecule has 0 fully saturated rings. The van der Waals surface area contributed by atoms with E-state index in [4.69, 9.17) is 14.2 Å². The van der Waals surface area contributed by atoms with E-state index in [0.717, 1.165) is 11.3 Å². The molecule has 1 amide bonds. The first-order chi connectivity index (χ1) is 13.3. The number of aryl methyl sites for hydroxylation is 1. The monoisotopic (exact) mass is 385 g/mol. The second kappa shape index (κ2) is 10.0. The van der Waals surface area contributed by atoms with Crippen molar-refractivity contribution in [1.29, 1.82) is 0 Å². The van der Waals surface area contributed by atoms with Crippen molar-refractivity contribution in [2.75, 3.05) is 27.4 Å². The molecule has 0 aliphatic rings. The van der Waals surface area contributed by atoms with Crippen LogP contribution in [0.25, 0.3) is 0 Å². The van der Waals surface area contributed by atoms with Crippen molar-refractivity contribution in [3.63, 3.8) is 0 Å². The maximum absolute atomic E-state index is 12.1. The van der Waals surface area contributed by atoms with E-state index in [-0.39, 0.29) is 11.3 Å². The number of amides is 1. The van der Waals surface area contributed by atoms with Gasteiger partial charge in [0.2, 0.25) is 5.91 Å². The normalized spacial score (nSPS) is 11.0. The number of methoxy groups -OCH3 is 2. The molecule has 2 rings (SSSR count). The number of hydrogen-bond donors (Lipinski definition) is 1. The molecule has 152 valence electrons. The highest BCUT2D eigenvalue weighted by Crippen LogP contribution is 2.28. The maximum Gasteiger partial charge on any atom is 0.220 e. The van der Waals surface area contributed by atoms with E-state index < -0.39 is 0 Å². The Kier molecular flexibility index (Phi) is 7.73. The Morgan fingerprint density at radius 3 is 2.43 bits per heavy atom. The molecule has 28 heavy (non-hydrogen) atoms. The zero-order chi connectivity index (χ0) is 20.6. The molecule has 1 N–H and O–H groups in total. The third-order valence-electron chi connectivity index (χ3n) is 4.48. The predicted molar refractivity (Wildman–Crippen MR) is 112 cm³/mol. The third-order valence-corrected chi connectivity index (χ3v) is 4.48. The Balaban J connectivity index is 1.73. The van der Waals surface area contributed by atoms with Crippen molar-refractivity contribution < 1.29 is 19.0 Å². The van der Waals surface area contributed by atoms with Crippen LogP contribution >= 0.6 is 0 Å². The van der Waals surface area contributed by atoms with E-state index in [1.807, 2.05) is 30.3 Å². The van der Waals surface area contributed by atoms with Gasteiger partial charge in [0, 0.05) is 6.42 Å². The minimum atomic E-state index is 0.00169. The van der Waals surface area contributed by atoms with E-state index in [2.05, 4.69) is 38.2 Å². The number of rotatable bonds is 9. The summed E-state index contributed by atoms with van der Waals surface area (Å²) in [4.78, 5) is 12.1. The lowest BCUT2D eigenvalue weighted by Crippen LogP contribution is -2.28. The molecule has 5 heteroatoms. The van der Waals surface area contributed by atoms with Gasteiger partial charge >= 0.3 is 0 Å². The first-order valence-corrected chi connectivity index (χ1v) is 9.54. The lowest BCUT2D eigenvalue weighted by Gasteiger charge is -2.19. The summed E-state index contributed by atoms with van der Waals surface area (Å²) >= 11 is 0. The van der Waals surface area contributed by atoms with Gasteiger partial charge < -0.3 is 19.5 Å². The Morgan fingerprint density at radius 2 is 1.75 bits per heavy atom. The van der Waals surface area contributed by atoms with Crippen LogP contribution in [-0.4, -0.2) is 33.3 Å². The number of hydrogen-bond acceptors (Lipinski definition) is 4. The molecule has 2 aromatic carbocycles. The predicted octanol–water partition coefficient (Wildman–Crippen LogP) is 4.13. The molecule has 0 atom stereocenters. The quantitative estimate of drug-likeness (QED) is 0.660. The topological polar surface area (TPSA) is 56.8 Å². The SMILES string of the molecule is COc1ccc(CCC(=O)NCCOc2cccc(C(C)(C)C)c2)cc1OC. The Morgan fingerprint density at radius 1 is 1.00 bits per heavy atom. The highest BCUT2D eigenvalue weighted by Gasteiger charge is 2.14. The van der Waals surface area contributed by atoms with E-state index in [0.29, 0.717) is 37.5 Å². The maximum atomic E-state index is 12.1. The second-order valence-corrected chi connectivity index (χ2v) is 7.67. The largest absolute Gasteiger partial charge is 0.493 e. The summed E-state index contributed by atoms with van der Waals surface area (Å²) in [6, 6.07) is 13.8. The molecule has 0 aliphatic carbocycles. The summed E-state index contributed by atoms with van der Waals surface area (Å²) in [7, 11) is 3.21. The molecule has 0 saturated carbocycles. The summed E-state index contributed by atoms with van der Waals surface area (Å²) in [5.41, 5.74) is 2.34. The minimum absolute atomic E-state index is 0.00169. The van der Waals surface area contributed by atoms with Crippen LogP contribution in [0, 0.1) is 0 Å². The molecule has 0 saturated heterocycles. The number of ether oxygens (including phenoxy) is 3. The van der Waals surface area contributed by atoms with Crippen LogP contribution in [0.5, 0.6) is 17.2 Å². The van der Waals surface area contributed by atoms with E-state index in [1.54, 1.807) is 14.2 Å². The molecule has 0 spiro atoms. The Hall–Kier alpha value is -2.69. The van der Waals surface area contributed by atoms with Gasteiger partial charge in [-0.2, -0.15) is 0 Å². The number of carbonyl (C=O) groups is 1. The second-order valence-electron chi connectivity index (χ2n) is 7.67. The van der Waals surface area contributed by atoms with Crippen molar-refractivity contribution in [3.05, 3.63) is 53.6 Å². The van der Waals surface area contributed by atoms with Gasteiger partial charge in [-0.25, -0.2) is 0 Å². The van der Waals surface area contributed by atoms with Gasteiger partial charge in [-0.05, 0) is 47.2 Å². The molecular formula is C23H31NO4. The van der Waals surface area contributed by atoms with Crippen molar-refractivity contribution >= 4 is 5.91 Å². The van der Waals surface area contributed by atoms with Gasteiger partial charge in [0.15, 0.2) is 11.5 Å². The van der Waals surface area contributed by atoms with Crippen molar-refractivity contribution in [2.24, 2.45) is 0 Å². The summed E-state index contributed by atoms with van der Waals surface area (Å²) in [6.45, 7) is 7.43. The van der Waals surface area contributed by atoms with E-state index in [9.17, 15) is 4.79 Å². The molecule has 0 bridgehead atoms. The molecule has 0 aromatic heterocycles. The van der Waals surface area contributed by atoms with Gasteiger partial charge in [-0.3, -0.25) is 4.79 Å². The molecule has 0 aliphatic heterocycles. The van der Waals surface area contributed by atoms with Crippen LogP contribution in [-0.2, 0) is 16.6 Å². The Bertz CT molecular complexity index is 780. The van der Waals surface area contributed by atoms with Crippen molar-refractivity contribution in [3.8, 4) is 17.2 Å². The van der Waals surface area contributed by atoms with Crippen LogP contribution in [0.15, 0.2) is 42.5 Å². The highest BCUT2D eigenvalue weighted by molar-refractivity contribution is 5.76. The Labute approximate surface area is 168 Å². The standard InChI is InChI=1S/C23H31NO4/c1-23(2,3)18-7-6-8-19(16-18)28-14-13-24-22(25)12-10-17-9-11-20(26-4)21(15-17)27-5/h6-9,11,15-16H,10,12-14H2,1-5H3,(H,24,25). The van der Waals surface area contributed by atoms with E-state index >= 15 is 0 Å². The van der Waals surface area contributed by atoms with Crippen LogP contribution in [0.1, 0.15) is 38.3 Å². The van der Waals surface area contributed by atoms with Crippen LogP contribution in [0.4, 0.5) is 0 Å². The first-order valence-electron chi connectivity index (χ1n) is 9.54.